The van der Waals surface area contributed by atoms with Crippen LogP contribution in [0.15, 0.2) is 21.9 Å². The van der Waals surface area contributed by atoms with Crippen molar-refractivity contribution in [1.29, 1.82) is 0 Å². The van der Waals surface area contributed by atoms with Crippen LogP contribution in [-0.4, -0.2) is 11.5 Å². The van der Waals surface area contributed by atoms with Crippen LogP contribution in [-0.2, 0) is 10.8 Å². The first-order chi connectivity index (χ1) is 20.5. The van der Waals surface area contributed by atoms with Gasteiger partial charge in [0, 0.05) is 19.5 Å². The van der Waals surface area contributed by atoms with Crippen molar-refractivity contribution in [3.8, 4) is 9.75 Å². The zero-order chi connectivity index (χ0) is 31.5. The predicted molar refractivity (Wildman–Crippen MR) is 203 cm³/mol. The van der Waals surface area contributed by atoms with Gasteiger partial charge in [-0.3, -0.25) is 0 Å². The van der Waals surface area contributed by atoms with Gasteiger partial charge < -0.3 is 0 Å². The molecule has 3 heterocycles. The Kier molecular flexibility index (Phi) is 15.2. The highest BCUT2D eigenvalue weighted by Gasteiger charge is 2.44. The molecule has 1 aliphatic heterocycles. The zero-order valence-electron chi connectivity index (χ0n) is 30.1. The Labute approximate surface area is 279 Å². The molecular weight excluding hydrogens is 577 g/mol. The van der Waals surface area contributed by atoms with E-state index in [4.69, 9.17) is 0 Å². The lowest BCUT2D eigenvalue weighted by atomic mass is 9.95. The minimum absolute atomic E-state index is 0.225. The first kappa shape index (κ1) is 37.2. The van der Waals surface area contributed by atoms with Gasteiger partial charge in [-0.2, -0.15) is 10.0 Å². The molecule has 0 aliphatic carbocycles. The molecule has 1 aliphatic rings. The molecule has 248 valence electrons. The average molecular weight is 647 g/mol. The van der Waals surface area contributed by atoms with E-state index < -0.39 is 10.0 Å². The van der Waals surface area contributed by atoms with Crippen LogP contribution in [0.4, 0.5) is 0 Å². The van der Waals surface area contributed by atoms with Crippen LogP contribution in [0.3, 0.4) is 0 Å². The minimum atomic E-state index is -1.02. The lowest BCUT2D eigenvalue weighted by molar-refractivity contribution is 0.438. The number of hydrogen-bond acceptors (Lipinski definition) is 2. The standard InChI is InChI=1S/C40H70S3/c1-10-13-16-19-21-24-27-32(26-23-18-15-12-3)31-43(28-25-22-20-17-14-11-2)33-29-35(39(4,5)6)41-37(33)38-34(43)30-36(42-38)40(7,8)9/h29-30,32H,10-28,31H2,1-9H3. The van der Waals surface area contributed by atoms with E-state index in [0.717, 1.165) is 5.92 Å². The number of fused-ring (bicyclic) bond motifs is 3. The average Bonchev–Trinajstić information content (AvgIpc) is 3.64. The van der Waals surface area contributed by atoms with Crippen molar-refractivity contribution in [2.45, 2.75) is 199 Å². The van der Waals surface area contributed by atoms with Crippen LogP contribution < -0.4 is 0 Å². The lowest BCUT2D eigenvalue weighted by Crippen LogP contribution is -2.18. The van der Waals surface area contributed by atoms with Crippen LogP contribution in [0, 0.1) is 5.92 Å². The maximum Gasteiger partial charge on any atom is 0.0580 e. The smallest absolute Gasteiger partial charge is 0.0580 e. The summed E-state index contributed by atoms with van der Waals surface area (Å²) < 4.78 is 0. The summed E-state index contributed by atoms with van der Waals surface area (Å²) in [5.41, 5.74) is 0.450. The molecule has 0 nitrogen and oxygen atoms in total. The van der Waals surface area contributed by atoms with Crippen LogP contribution in [0.1, 0.15) is 188 Å². The Morgan fingerprint density at radius 1 is 0.535 bits per heavy atom. The van der Waals surface area contributed by atoms with Crippen LogP contribution in [0.5, 0.6) is 0 Å². The Hall–Kier alpha value is -0.250. The van der Waals surface area contributed by atoms with Crippen molar-refractivity contribution in [2.24, 2.45) is 5.92 Å². The molecule has 0 aromatic carbocycles. The fourth-order valence-electron chi connectivity index (χ4n) is 6.90. The molecule has 0 fully saturated rings. The molecule has 1 unspecified atom stereocenters. The third-order valence-electron chi connectivity index (χ3n) is 9.72. The summed E-state index contributed by atoms with van der Waals surface area (Å²) >= 11 is 4.32. The Morgan fingerprint density at radius 2 is 0.907 bits per heavy atom. The molecule has 0 bridgehead atoms. The first-order valence-electron chi connectivity index (χ1n) is 18.6. The maximum atomic E-state index is 2.74. The van der Waals surface area contributed by atoms with Crippen molar-refractivity contribution in [1.82, 2.24) is 0 Å². The normalized spacial score (nSPS) is 15.9. The van der Waals surface area contributed by atoms with Gasteiger partial charge in [0.05, 0.1) is 9.75 Å². The van der Waals surface area contributed by atoms with Crippen LogP contribution in [0.2, 0.25) is 0 Å². The van der Waals surface area contributed by atoms with Gasteiger partial charge in [0.15, 0.2) is 0 Å². The van der Waals surface area contributed by atoms with Crippen molar-refractivity contribution in [2.75, 3.05) is 11.5 Å². The van der Waals surface area contributed by atoms with Gasteiger partial charge in [0.1, 0.15) is 0 Å². The molecular formula is C40H70S3. The number of thiophene rings is 2. The number of unbranched alkanes of at least 4 members (excludes halogenated alkanes) is 13. The first-order valence-corrected chi connectivity index (χ1v) is 22.2. The molecule has 43 heavy (non-hydrogen) atoms. The molecule has 1 atom stereocenters. The van der Waals surface area contributed by atoms with Gasteiger partial charge in [-0.05, 0) is 59.6 Å². The summed E-state index contributed by atoms with van der Waals surface area (Å²) in [5, 5.41) is 0. The quantitative estimate of drug-likeness (QED) is 0.118. The highest BCUT2D eigenvalue weighted by atomic mass is 32.3. The second kappa shape index (κ2) is 17.6. The largest absolute Gasteiger partial charge is 0.185 e. The Morgan fingerprint density at radius 3 is 1.33 bits per heavy atom. The third-order valence-corrected chi connectivity index (χ3v) is 17.6. The molecule has 0 saturated heterocycles. The minimum Gasteiger partial charge on any atom is -0.185 e. The van der Waals surface area contributed by atoms with E-state index in [0.29, 0.717) is 0 Å². The van der Waals surface area contributed by atoms with Crippen molar-refractivity contribution in [3.05, 3.63) is 21.9 Å². The predicted octanol–water partition coefficient (Wildman–Crippen LogP) is 15.3. The van der Waals surface area contributed by atoms with E-state index in [-0.39, 0.29) is 10.8 Å². The van der Waals surface area contributed by atoms with Gasteiger partial charge >= 0.3 is 0 Å². The second-order valence-electron chi connectivity index (χ2n) is 15.9. The Balaban J connectivity index is 2.00. The van der Waals surface area contributed by atoms with Crippen molar-refractivity contribution >= 4 is 32.7 Å². The summed E-state index contributed by atoms with van der Waals surface area (Å²) in [6.45, 7) is 21.7. The summed E-state index contributed by atoms with van der Waals surface area (Å²) in [7, 11) is -1.02. The van der Waals surface area contributed by atoms with E-state index in [1.165, 1.54) is 127 Å². The number of rotatable bonds is 21. The fourth-order valence-corrected chi connectivity index (χ4v) is 15.4. The van der Waals surface area contributed by atoms with Crippen LogP contribution >= 0.6 is 32.7 Å². The monoisotopic (exact) mass is 646 g/mol. The van der Waals surface area contributed by atoms with Gasteiger partial charge in [-0.25, -0.2) is 0 Å². The van der Waals surface area contributed by atoms with Crippen molar-refractivity contribution < 1.29 is 0 Å². The van der Waals surface area contributed by atoms with Crippen LogP contribution in [0.25, 0.3) is 9.75 Å². The molecule has 0 spiro atoms. The van der Waals surface area contributed by atoms with Crippen molar-refractivity contribution in [3.63, 3.8) is 0 Å². The topological polar surface area (TPSA) is 0 Å². The van der Waals surface area contributed by atoms with Gasteiger partial charge in [0.2, 0.25) is 0 Å². The molecule has 0 N–H and O–H groups in total. The van der Waals surface area contributed by atoms with Gasteiger partial charge in [0.25, 0.3) is 0 Å². The van der Waals surface area contributed by atoms with E-state index in [1.54, 1.807) is 19.5 Å². The fraction of sp³-hybridized carbons (Fsp3) is 0.800. The highest BCUT2D eigenvalue weighted by Crippen LogP contribution is 2.76. The zero-order valence-corrected chi connectivity index (χ0v) is 32.5. The maximum absolute atomic E-state index is 2.74. The second-order valence-corrected chi connectivity index (χ2v) is 21.4. The summed E-state index contributed by atoms with van der Waals surface area (Å²) in [5.74, 6) is 3.78. The van der Waals surface area contributed by atoms with Gasteiger partial charge in [-0.1, -0.05) is 159 Å². The Bertz CT molecular complexity index is 998. The summed E-state index contributed by atoms with van der Waals surface area (Å²) in [6.07, 6.45) is 25.5. The molecule has 0 saturated carbocycles. The molecule has 0 radical (unpaired) electrons. The molecule has 3 rings (SSSR count). The highest BCUT2D eigenvalue weighted by molar-refractivity contribution is 8.34. The molecule has 3 heteroatoms. The van der Waals surface area contributed by atoms with Gasteiger partial charge in [-0.15, -0.1) is 22.7 Å². The summed E-state index contributed by atoms with van der Waals surface area (Å²) in [6, 6.07) is 5.49. The molecule has 0 amide bonds. The van der Waals surface area contributed by atoms with E-state index in [2.05, 4.69) is 97.1 Å². The van der Waals surface area contributed by atoms with E-state index in [9.17, 15) is 0 Å². The number of hydrogen-bond donors (Lipinski definition) is 0. The molecule has 2 aromatic rings. The SMILES string of the molecule is CCCCCCCCC(CCCCCC)CS1(CCCCCCCC)c2cc(C(C)(C)C)sc2-c2sc(C(C)(C)C)cc21. The lowest BCUT2D eigenvalue weighted by Gasteiger charge is -2.41. The summed E-state index contributed by atoms with van der Waals surface area (Å²) in [4.78, 5) is 10.2. The molecule has 2 aromatic heterocycles. The third kappa shape index (κ3) is 10.4. The van der Waals surface area contributed by atoms with E-state index >= 15 is 0 Å². The van der Waals surface area contributed by atoms with E-state index in [1.807, 2.05) is 9.79 Å².